The monoisotopic (exact) mass is 243 g/mol. The van der Waals surface area contributed by atoms with Crippen LogP contribution >= 0.6 is 0 Å². The summed E-state index contributed by atoms with van der Waals surface area (Å²) in [4.78, 5) is 0. The number of rotatable bonds is 5. The number of phenols is 1. The van der Waals surface area contributed by atoms with Crippen LogP contribution in [0.1, 0.15) is 12.5 Å². The first kappa shape index (κ1) is 13.0. The van der Waals surface area contributed by atoms with Gasteiger partial charge in [-0.25, -0.2) is 8.42 Å². The van der Waals surface area contributed by atoms with Gasteiger partial charge in [-0.3, -0.25) is 0 Å². The van der Waals surface area contributed by atoms with Crippen molar-refractivity contribution in [3.05, 3.63) is 29.8 Å². The average molecular weight is 243 g/mol. The van der Waals surface area contributed by atoms with Crippen molar-refractivity contribution in [2.45, 2.75) is 19.5 Å². The SMILES string of the molecule is CC(CS(C)(=O)=O)NCc1cccc(O)c1. The third-order valence-electron chi connectivity index (χ3n) is 2.12. The van der Waals surface area contributed by atoms with Crippen molar-refractivity contribution in [3.63, 3.8) is 0 Å². The summed E-state index contributed by atoms with van der Waals surface area (Å²) in [5, 5.41) is 12.3. The molecule has 0 radical (unpaired) electrons. The van der Waals surface area contributed by atoms with Crippen LogP contribution in [0.25, 0.3) is 0 Å². The molecule has 0 amide bonds. The number of sulfone groups is 1. The molecule has 0 aliphatic heterocycles. The fourth-order valence-electron chi connectivity index (χ4n) is 1.47. The van der Waals surface area contributed by atoms with E-state index in [-0.39, 0.29) is 17.5 Å². The Balaban J connectivity index is 2.46. The van der Waals surface area contributed by atoms with E-state index in [4.69, 9.17) is 0 Å². The van der Waals surface area contributed by atoms with E-state index in [9.17, 15) is 13.5 Å². The maximum atomic E-state index is 11.0. The van der Waals surface area contributed by atoms with E-state index in [1.54, 1.807) is 18.2 Å². The second-order valence-electron chi connectivity index (χ2n) is 4.04. The van der Waals surface area contributed by atoms with Crippen LogP contribution in [0.15, 0.2) is 24.3 Å². The van der Waals surface area contributed by atoms with Gasteiger partial charge in [-0.2, -0.15) is 0 Å². The van der Waals surface area contributed by atoms with Crippen molar-refractivity contribution in [1.29, 1.82) is 0 Å². The van der Waals surface area contributed by atoms with Crippen LogP contribution in [0.3, 0.4) is 0 Å². The highest BCUT2D eigenvalue weighted by atomic mass is 32.2. The van der Waals surface area contributed by atoms with Crippen LogP contribution in [0, 0.1) is 0 Å². The first-order valence-corrected chi connectivity index (χ1v) is 7.12. The summed E-state index contributed by atoms with van der Waals surface area (Å²) in [5.41, 5.74) is 0.931. The number of hydrogen-bond donors (Lipinski definition) is 2. The van der Waals surface area contributed by atoms with Crippen LogP contribution in [0.5, 0.6) is 5.75 Å². The Labute approximate surface area is 96.2 Å². The summed E-state index contributed by atoms with van der Waals surface area (Å²) in [6.45, 7) is 2.37. The molecule has 0 aromatic heterocycles. The summed E-state index contributed by atoms with van der Waals surface area (Å²) in [6.07, 6.45) is 1.22. The van der Waals surface area contributed by atoms with Gasteiger partial charge < -0.3 is 10.4 Å². The first-order valence-electron chi connectivity index (χ1n) is 5.06. The molecule has 0 saturated carbocycles. The molecule has 5 heteroatoms. The molecule has 0 saturated heterocycles. The molecule has 2 N–H and O–H groups in total. The lowest BCUT2D eigenvalue weighted by Crippen LogP contribution is -2.32. The molecule has 16 heavy (non-hydrogen) atoms. The van der Waals surface area contributed by atoms with E-state index in [1.165, 1.54) is 6.26 Å². The van der Waals surface area contributed by atoms with Gasteiger partial charge in [0, 0.05) is 18.8 Å². The second-order valence-corrected chi connectivity index (χ2v) is 6.23. The lowest BCUT2D eigenvalue weighted by Gasteiger charge is -2.12. The minimum absolute atomic E-state index is 0.0997. The van der Waals surface area contributed by atoms with Gasteiger partial charge in [-0.1, -0.05) is 12.1 Å². The molecule has 0 fully saturated rings. The van der Waals surface area contributed by atoms with E-state index in [0.717, 1.165) is 5.56 Å². The Hall–Kier alpha value is -1.07. The molecule has 1 rings (SSSR count). The number of phenolic OH excluding ortho intramolecular Hbond substituents is 1. The van der Waals surface area contributed by atoms with Gasteiger partial charge in [0.25, 0.3) is 0 Å². The third kappa shape index (κ3) is 5.14. The topological polar surface area (TPSA) is 66.4 Å². The molecule has 1 aromatic carbocycles. The van der Waals surface area contributed by atoms with Crippen molar-refractivity contribution in [3.8, 4) is 5.75 Å². The molecule has 0 aliphatic rings. The predicted molar refractivity (Wildman–Crippen MR) is 64.1 cm³/mol. The lowest BCUT2D eigenvalue weighted by atomic mass is 10.2. The van der Waals surface area contributed by atoms with Gasteiger partial charge in [0.05, 0.1) is 5.75 Å². The zero-order chi connectivity index (χ0) is 12.2. The Morgan fingerprint density at radius 2 is 2.12 bits per heavy atom. The van der Waals surface area contributed by atoms with E-state index in [1.807, 2.05) is 13.0 Å². The third-order valence-corrected chi connectivity index (χ3v) is 3.22. The van der Waals surface area contributed by atoms with E-state index >= 15 is 0 Å². The quantitative estimate of drug-likeness (QED) is 0.807. The first-order chi connectivity index (χ1) is 7.37. The van der Waals surface area contributed by atoms with Gasteiger partial charge in [0.15, 0.2) is 0 Å². The van der Waals surface area contributed by atoms with Crippen molar-refractivity contribution >= 4 is 9.84 Å². The molecule has 4 nitrogen and oxygen atoms in total. The molecular weight excluding hydrogens is 226 g/mol. The van der Waals surface area contributed by atoms with Crippen molar-refractivity contribution in [1.82, 2.24) is 5.32 Å². The largest absolute Gasteiger partial charge is 0.508 e. The van der Waals surface area contributed by atoms with E-state index in [0.29, 0.717) is 6.54 Å². The molecule has 1 aromatic rings. The van der Waals surface area contributed by atoms with Crippen LogP contribution in [-0.4, -0.2) is 31.6 Å². The molecule has 90 valence electrons. The molecule has 0 heterocycles. The molecule has 1 unspecified atom stereocenters. The van der Waals surface area contributed by atoms with Gasteiger partial charge in [0.2, 0.25) is 0 Å². The average Bonchev–Trinajstić information content (AvgIpc) is 2.12. The lowest BCUT2D eigenvalue weighted by molar-refractivity contribution is 0.473. The van der Waals surface area contributed by atoms with Crippen molar-refractivity contribution in [2.75, 3.05) is 12.0 Å². The van der Waals surface area contributed by atoms with Gasteiger partial charge in [-0.15, -0.1) is 0 Å². The van der Waals surface area contributed by atoms with Crippen LogP contribution in [0.4, 0.5) is 0 Å². The summed E-state index contributed by atoms with van der Waals surface area (Å²) < 4.78 is 22.1. The van der Waals surface area contributed by atoms with Crippen molar-refractivity contribution in [2.24, 2.45) is 0 Å². The van der Waals surface area contributed by atoms with Crippen LogP contribution < -0.4 is 5.32 Å². The fourth-order valence-corrected chi connectivity index (χ4v) is 2.50. The molecule has 0 bridgehead atoms. The minimum atomic E-state index is -2.95. The molecule has 1 atom stereocenters. The predicted octanol–water partition coefficient (Wildman–Crippen LogP) is 0.915. The number of benzene rings is 1. The zero-order valence-electron chi connectivity index (χ0n) is 9.47. The Kier molecular flexibility index (Phi) is 4.32. The molecule has 0 spiro atoms. The smallest absolute Gasteiger partial charge is 0.148 e. The summed E-state index contributed by atoms with van der Waals surface area (Å²) in [7, 11) is -2.95. The van der Waals surface area contributed by atoms with Crippen molar-refractivity contribution < 1.29 is 13.5 Å². The van der Waals surface area contributed by atoms with Gasteiger partial charge >= 0.3 is 0 Å². The normalized spacial score (nSPS) is 13.6. The minimum Gasteiger partial charge on any atom is -0.508 e. The summed E-state index contributed by atoms with van der Waals surface area (Å²) in [6, 6.07) is 6.79. The Morgan fingerprint density at radius 3 is 2.69 bits per heavy atom. The zero-order valence-corrected chi connectivity index (χ0v) is 10.3. The number of aromatic hydroxyl groups is 1. The van der Waals surface area contributed by atoms with Gasteiger partial charge in [-0.05, 0) is 24.6 Å². The molecular formula is C11H17NO3S. The standard InChI is InChI=1S/C11H17NO3S/c1-9(8-16(2,14)15)12-7-10-4-3-5-11(13)6-10/h3-6,9,12-13H,7-8H2,1-2H3. The Morgan fingerprint density at radius 1 is 1.44 bits per heavy atom. The van der Waals surface area contributed by atoms with Gasteiger partial charge in [0.1, 0.15) is 15.6 Å². The second kappa shape index (κ2) is 5.32. The highest BCUT2D eigenvalue weighted by Crippen LogP contribution is 2.10. The highest BCUT2D eigenvalue weighted by Gasteiger charge is 2.09. The van der Waals surface area contributed by atoms with E-state index < -0.39 is 9.84 Å². The highest BCUT2D eigenvalue weighted by molar-refractivity contribution is 7.90. The maximum absolute atomic E-state index is 11.0. The van der Waals surface area contributed by atoms with Crippen LogP contribution in [0.2, 0.25) is 0 Å². The fraction of sp³-hybridized carbons (Fsp3) is 0.455. The molecule has 0 aliphatic carbocycles. The van der Waals surface area contributed by atoms with E-state index in [2.05, 4.69) is 5.32 Å². The summed E-state index contributed by atoms with van der Waals surface area (Å²) in [5.74, 6) is 0.335. The Bertz CT molecular complexity index is 442. The number of nitrogens with one attached hydrogen (secondary N) is 1. The maximum Gasteiger partial charge on any atom is 0.148 e. The van der Waals surface area contributed by atoms with Crippen LogP contribution in [-0.2, 0) is 16.4 Å². The number of hydrogen-bond acceptors (Lipinski definition) is 4. The summed E-state index contributed by atoms with van der Waals surface area (Å²) >= 11 is 0.